The van der Waals surface area contributed by atoms with E-state index in [4.69, 9.17) is 23.7 Å². The minimum Gasteiger partial charge on any atom is -0.458 e. The number of fused-ring (bicyclic) bond motifs is 1. The number of cyclic esters (lactones) is 1. The number of carbonyl (C=O) groups excluding carboxylic acids is 4. The number of alkyl carbamates (subject to hydrolysis) is 1. The van der Waals surface area contributed by atoms with Crippen molar-refractivity contribution in [2.75, 3.05) is 21.2 Å². The number of hydrogen-bond acceptors (Lipinski definition) is 11. The Bertz CT molecular complexity index is 1070. The van der Waals surface area contributed by atoms with E-state index in [1.807, 2.05) is 32.8 Å². The van der Waals surface area contributed by atoms with Crippen LogP contribution in [0.1, 0.15) is 81.1 Å². The molecule has 12 heteroatoms. The van der Waals surface area contributed by atoms with Gasteiger partial charge < -0.3 is 39.0 Å². The summed E-state index contributed by atoms with van der Waals surface area (Å²) in [6.07, 6.45) is -3.54. The van der Waals surface area contributed by atoms with Crippen molar-refractivity contribution >= 4 is 23.6 Å². The van der Waals surface area contributed by atoms with E-state index in [9.17, 15) is 24.3 Å². The van der Waals surface area contributed by atoms with Crippen molar-refractivity contribution in [3.63, 3.8) is 0 Å². The summed E-state index contributed by atoms with van der Waals surface area (Å²) in [4.78, 5) is 56.2. The molecule has 0 aromatic rings. The number of nitrogens with zero attached hydrogens (tertiary/aromatic N) is 1. The highest BCUT2D eigenvalue weighted by Gasteiger charge is 2.57. The first kappa shape index (κ1) is 36.3. The lowest BCUT2D eigenvalue weighted by atomic mass is 9.72. The number of aliphatic hydroxyl groups is 1. The van der Waals surface area contributed by atoms with Crippen molar-refractivity contribution in [1.82, 2.24) is 10.2 Å². The second-order valence-electron chi connectivity index (χ2n) is 13.6. The van der Waals surface area contributed by atoms with E-state index in [-0.39, 0.29) is 24.3 Å². The molecule has 12 nitrogen and oxygen atoms in total. The quantitative estimate of drug-likeness (QED) is 0.331. The lowest BCUT2D eigenvalue weighted by Crippen LogP contribution is -2.60. The van der Waals surface area contributed by atoms with Crippen LogP contribution in [0.15, 0.2) is 0 Å². The third-order valence-corrected chi connectivity index (χ3v) is 10.2. The molecule has 3 saturated heterocycles. The van der Waals surface area contributed by atoms with Gasteiger partial charge in [0.2, 0.25) is 0 Å². The summed E-state index contributed by atoms with van der Waals surface area (Å²) < 4.78 is 30.3. The smallest absolute Gasteiger partial charge is 0.408 e. The zero-order valence-electron chi connectivity index (χ0n) is 28.2. The number of esters is 1. The fourth-order valence-electron chi connectivity index (χ4n) is 7.42. The molecule has 44 heavy (non-hydrogen) atoms. The summed E-state index contributed by atoms with van der Waals surface area (Å²) in [6.45, 7) is 13.9. The fraction of sp³-hybridized carbons (Fsp3) is 0.875. The van der Waals surface area contributed by atoms with Gasteiger partial charge in [0.15, 0.2) is 17.7 Å². The van der Waals surface area contributed by atoms with Gasteiger partial charge >= 0.3 is 12.1 Å². The van der Waals surface area contributed by atoms with E-state index >= 15 is 0 Å². The highest BCUT2D eigenvalue weighted by atomic mass is 16.7. The lowest BCUT2D eigenvalue weighted by molar-refractivity contribution is -0.295. The molecule has 3 heterocycles. The van der Waals surface area contributed by atoms with Crippen molar-refractivity contribution in [1.29, 1.82) is 0 Å². The van der Waals surface area contributed by atoms with Gasteiger partial charge in [0.1, 0.15) is 23.9 Å². The molecule has 0 aromatic carbocycles. The molecule has 0 spiro atoms. The number of Topliss-reactive ketones (excluding diaryl/α,β-unsaturated/α-hetero) is 2. The monoisotopic (exact) mass is 626 g/mol. The molecule has 0 aromatic heterocycles. The lowest BCUT2D eigenvalue weighted by Gasteiger charge is -2.47. The molecule has 3 rings (SSSR count). The molecule has 0 bridgehead atoms. The predicted octanol–water partition coefficient (Wildman–Crippen LogP) is 2.87. The zero-order chi connectivity index (χ0) is 33.3. The van der Waals surface area contributed by atoms with Crippen LogP contribution in [0.5, 0.6) is 0 Å². The van der Waals surface area contributed by atoms with Crippen molar-refractivity contribution in [2.45, 2.75) is 135 Å². The second kappa shape index (κ2) is 14.1. The van der Waals surface area contributed by atoms with Gasteiger partial charge in [0.25, 0.3) is 0 Å². The number of ketones is 2. The molecule has 0 radical (unpaired) electrons. The Balaban J connectivity index is 2.11. The maximum absolute atomic E-state index is 14.2. The van der Waals surface area contributed by atoms with Gasteiger partial charge in [-0.25, -0.2) is 4.79 Å². The number of aliphatic hydroxyl groups excluding tert-OH is 1. The van der Waals surface area contributed by atoms with E-state index in [0.717, 1.165) is 0 Å². The van der Waals surface area contributed by atoms with Crippen LogP contribution in [0.2, 0.25) is 0 Å². The first-order valence-corrected chi connectivity index (χ1v) is 15.9. The van der Waals surface area contributed by atoms with E-state index in [2.05, 4.69) is 5.32 Å². The molecule has 252 valence electrons. The number of amides is 1. The summed E-state index contributed by atoms with van der Waals surface area (Å²) in [5.41, 5.74) is -2.56. The molecule has 3 aliphatic heterocycles. The SMILES string of the molecule is CCC1C(=O)[C@H](C)C[C@](C)(OC)[C@H](O[C@@H]2O[C@H](C)C[C@H](N(C)C)[C@H]2O)[C@@H](C)C(=O)[C@@H](C)C(=O)O[C@H](CC)[C@@]2(C)OC(=O)N[C@H]12. The number of nitrogens with one attached hydrogen (secondary N) is 1. The highest BCUT2D eigenvalue weighted by molar-refractivity contribution is 6.00. The molecule has 3 fully saturated rings. The molecule has 0 saturated carbocycles. The van der Waals surface area contributed by atoms with Crippen LogP contribution < -0.4 is 5.32 Å². The Labute approximate surface area is 261 Å². The summed E-state index contributed by atoms with van der Waals surface area (Å²) in [7, 11) is 5.22. The van der Waals surface area contributed by atoms with E-state index < -0.39 is 83.4 Å². The van der Waals surface area contributed by atoms with Gasteiger partial charge in [-0.15, -0.1) is 0 Å². The van der Waals surface area contributed by atoms with Gasteiger partial charge in [-0.2, -0.15) is 0 Å². The predicted molar refractivity (Wildman–Crippen MR) is 161 cm³/mol. The van der Waals surface area contributed by atoms with Crippen molar-refractivity contribution in [3.05, 3.63) is 0 Å². The normalized spacial score (nSPS) is 44.4. The summed E-state index contributed by atoms with van der Waals surface area (Å²) in [5, 5.41) is 14.1. The zero-order valence-corrected chi connectivity index (χ0v) is 28.2. The number of likely N-dealkylation sites (N-methyl/N-ethyl adjacent to an activating group) is 1. The summed E-state index contributed by atoms with van der Waals surface area (Å²) in [5.74, 6) is -4.70. The average molecular weight is 627 g/mol. The number of methoxy groups -OCH3 is 1. The standard InChI is InChI=1S/C32H54N2O10/c1-12-20-23(35)16(3)15-31(7,40-11)27(43-29-25(37)21(34(9)10)14-17(4)41-29)18(5)24(36)19(6)28(38)42-22(13-2)32(8)26(20)33-30(39)44-32/h16-22,25-27,29,37H,12-15H2,1-11H3,(H,33,39)/t16-,17-,18+,19-,20?,21+,22-,25-,26-,27-,29+,31+,32-/m1/s1. The minimum atomic E-state index is -1.33. The van der Waals surface area contributed by atoms with E-state index in [1.165, 1.54) is 14.0 Å². The molecule has 1 unspecified atom stereocenters. The van der Waals surface area contributed by atoms with E-state index in [1.54, 1.807) is 34.6 Å². The molecular formula is C32H54N2O10. The summed E-state index contributed by atoms with van der Waals surface area (Å²) in [6, 6.07) is -1.03. The van der Waals surface area contributed by atoms with Crippen LogP contribution in [-0.4, -0.2) is 109 Å². The van der Waals surface area contributed by atoms with Crippen molar-refractivity contribution in [2.24, 2.45) is 23.7 Å². The highest BCUT2D eigenvalue weighted by Crippen LogP contribution is 2.40. The molecule has 3 aliphatic rings. The maximum atomic E-state index is 14.2. The van der Waals surface area contributed by atoms with Crippen molar-refractivity contribution in [3.8, 4) is 0 Å². The second-order valence-corrected chi connectivity index (χ2v) is 13.6. The molecule has 2 N–H and O–H groups in total. The van der Waals surface area contributed by atoms with E-state index in [0.29, 0.717) is 19.3 Å². The first-order valence-electron chi connectivity index (χ1n) is 15.9. The Morgan fingerprint density at radius 2 is 1.66 bits per heavy atom. The maximum Gasteiger partial charge on any atom is 0.408 e. The molecule has 0 aliphatic carbocycles. The average Bonchev–Trinajstić information content (AvgIpc) is 3.28. The Hall–Kier alpha value is -2.12. The number of hydrogen-bond donors (Lipinski definition) is 2. The largest absolute Gasteiger partial charge is 0.458 e. The van der Waals surface area contributed by atoms with Gasteiger partial charge in [0, 0.05) is 30.9 Å². The fourth-order valence-corrected chi connectivity index (χ4v) is 7.42. The minimum absolute atomic E-state index is 0.127. The van der Waals surface area contributed by atoms with Crippen LogP contribution in [0.4, 0.5) is 4.79 Å². The van der Waals surface area contributed by atoms with Gasteiger partial charge in [-0.05, 0) is 67.5 Å². The number of carbonyl (C=O) groups is 4. The molecular weight excluding hydrogens is 572 g/mol. The van der Waals surface area contributed by atoms with Crippen molar-refractivity contribution < 1.29 is 48.0 Å². The third kappa shape index (κ3) is 6.99. The first-order chi connectivity index (χ1) is 20.4. The van der Waals surface area contributed by atoms with Gasteiger partial charge in [-0.3, -0.25) is 14.4 Å². The van der Waals surface area contributed by atoms with Crippen LogP contribution in [0, 0.1) is 23.7 Å². The van der Waals surface area contributed by atoms with Crippen LogP contribution in [0.3, 0.4) is 0 Å². The molecule has 1 amide bonds. The topological polar surface area (TPSA) is 150 Å². The third-order valence-electron chi connectivity index (χ3n) is 10.2. The van der Waals surface area contributed by atoms with Crippen LogP contribution in [-0.2, 0) is 38.1 Å². The number of rotatable bonds is 6. The summed E-state index contributed by atoms with van der Waals surface area (Å²) >= 11 is 0. The molecule has 13 atom stereocenters. The van der Waals surface area contributed by atoms with Crippen LogP contribution >= 0.6 is 0 Å². The Morgan fingerprint density at radius 1 is 1.02 bits per heavy atom. The van der Waals surface area contributed by atoms with Gasteiger partial charge in [0.05, 0.1) is 23.9 Å². The van der Waals surface area contributed by atoms with Gasteiger partial charge in [-0.1, -0.05) is 27.7 Å². The number of ether oxygens (including phenoxy) is 5. The Morgan fingerprint density at radius 3 is 2.20 bits per heavy atom. The van der Waals surface area contributed by atoms with Crippen LogP contribution in [0.25, 0.3) is 0 Å². The Kier molecular flexibility index (Phi) is 11.7.